The number of hydrogen-bond acceptors (Lipinski definition) is 3. The lowest BCUT2D eigenvalue weighted by Crippen LogP contribution is -2.50. The summed E-state index contributed by atoms with van der Waals surface area (Å²) in [6, 6.07) is 0.402. The highest BCUT2D eigenvalue weighted by atomic mass is 16.5. The normalized spacial score (nSPS) is 19.6. The van der Waals surface area contributed by atoms with Crippen LogP contribution in [0.15, 0.2) is 0 Å². The number of carboxylic acids is 1. The number of nitrogens with one attached hydrogen (secondary N) is 1. The maximum atomic E-state index is 11.3. The monoisotopic (exact) mass is 257 g/mol. The zero-order valence-electron chi connectivity index (χ0n) is 12.1. The molecule has 4 nitrogen and oxygen atoms in total. The molecule has 0 amide bonds. The smallest absolute Gasteiger partial charge is 0.323 e. The van der Waals surface area contributed by atoms with Gasteiger partial charge in [-0.15, -0.1) is 0 Å². The Hall–Kier alpha value is -0.610. The van der Waals surface area contributed by atoms with Crippen molar-refractivity contribution in [3.63, 3.8) is 0 Å². The van der Waals surface area contributed by atoms with E-state index in [1.807, 2.05) is 0 Å². The van der Waals surface area contributed by atoms with Gasteiger partial charge in [-0.25, -0.2) is 0 Å². The van der Waals surface area contributed by atoms with Crippen molar-refractivity contribution >= 4 is 5.97 Å². The van der Waals surface area contributed by atoms with Crippen molar-refractivity contribution in [3.05, 3.63) is 0 Å². The Balaban J connectivity index is 2.31. The van der Waals surface area contributed by atoms with Gasteiger partial charge in [-0.1, -0.05) is 6.92 Å². The van der Waals surface area contributed by atoms with Crippen LogP contribution in [-0.4, -0.2) is 34.9 Å². The fourth-order valence-corrected chi connectivity index (χ4v) is 1.80. The minimum Gasteiger partial charge on any atom is -0.480 e. The Bertz CT molecular complexity index is 287. The van der Waals surface area contributed by atoms with Gasteiger partial charge in [0.25, 0.3) is 0 Å². The molecule has 1 saturated carbocycles. The van der Waals surface area contributed by atoms with Crippen LogP contribution in [-0.2, 0) is 9.53 Å². The Labute approximate surface area is 110 Å². The largest absolute Gasteiger partial charge is 0.480 e. The molecule has 1 fully saturated rings. The highest BCUT2D eigenvalue weighted by Crippen LogP contribution is 2.25. The molecule has 0 bridgehead atoms. The summed E-state index contributed by atoms with van der Waals surface area (Å²) in [4.78, 5) is 11.3. The first-order valence-electron chi connectivity index (χ1n) is 6.94. The van der Waals surface area contributed by atoms with Crippen LogP contribution in [0.1, 0.15) is 59.8 Å². The molecule has 0 heterocycles. The van der Waals surface area contributed by atoms with Crippen LogP contribution in [0.2, 0.25) is 0 Å². The highest BCUT2D eigenvalue weighted by Gasteiger charge is 2.37. The number of hydrogen-bond donors (Lipinski definition) is 2. The molecule has 18 heavy (non-hydrogen) atoms. The van der Waals surface area contributed by atoms with Crippen LogP contribution in [0.25, 0.3) is 0 Å². The molecular formula is C14H27NO3. The predicted molar refractivity (Wildman–Crippen MR) is 71.8 cm³/mol. The summed E-state index contributed by atoms with van der Waals surface area (Å²) in [5.41, 5.74) is -0.912. The fourth-order valence-electron chi connectivity index (χ4n) is 1.80. The molecule has 1 aliphatic rings. The van der Waals surface area contributed by atoms with Crippen molar-refractivity contribution in [2.75, 3.05) is 6.61 Å². The molecule has 0 aromatic rings. The molecule has 2 N–H and O–H groups in total. The molecule has 1 rings (SSSR count). The van der Waals surface area contributed by atoms with Gasteiger partial charge in [0.2, 0.25) is 0 Å². The lowest BCUT2D eigenvalue weighted by atomic mass is 9.96. The Morgan fingerprint density at radius 3 is 2.44 bits per heavy atom. The van der Waals surface area contributed by atoms with Crippen molar-refractivity contribution in [2.24, 2.45) is 0 Å². The minimum absolute atomic E-state index is 0.108. The van der Waals surface area contributed by atoms with Crippen molar-refractivity contribution in [2.45, 2.75) is 77.0 Å². The summed E-state index contributed by atoms with van der Waals surface area (Å²) in [5.74, 6) is -0.760. The minimum atomic E-state index is -0.805. The average Bonchev–Trinajstić information content (AvgIpc) is 3.08. The topological polar surface area (TPSA) is 58.6 Å². The average molecular weight is 257 g/mol. The maximum Gasteiger partial charge on any atom is 0.323 e. The first kappa shape index (κ1) is 15.4. The second kappa shape index (κ2) is 6.02. The van der Waals surface area contributed by atoms with E-state index >= 15 is 0 Å². The second-order valence-electron chi connectivity index (χ2n) is 6.12. The third-order valence-corrected chi connectivity index (χ3v) is 3.74. The molecule has 1 unspecified atom stereocenters. The number of ether oxygens (including phenoxy) is 1. The van der Waals surface area contributed by atoms with E-state index in [2.05, 4.69) is 26.1 Å². The van der Waals surface area contributed by atoms with E-state index in [-0.39, 0.29) is 5.60 Å². The van der Waals surface area contributed by atoms with E-state index < -0.39 is 11.5 Å². The number of rotatable bonds is 9. The van der Waals surface area contributed by atoms with Gasteiger partial charge < -0.3 is 9.84 Å². The van der Waals surface area contributed by atoms with Crippen molar-refractivity contribution < 1.29 is 14.6 Å². The standard InChI is InChI=1S/C14H27NO3/c1-5-13(2,3)18-10-6-9-14(4,12(16)17)15-11-7-8-11/h11,15H,5-10H2,1-4H3,(H,16,17). The molecule has 4 heteroatoms. The van der Waals surface area contributed by atoms with Crippen LogP contribution < -0.4 is 5.32 Å². The van der Waals surface area contributed by atoms with E-state index in [0.29, 0.717) is 19.1 Å². The Kier molecular flexibility index (Phi) is 5.17. The summed E-state index contributed by atoms with van der Waals surface area (Å²) in [6.07, 6.45) is 4.54. The van der Waals surface area contributed by atoms with Gasteiger partial charge in [0.1, 0.15) is 5.54 Å². The SMILES string of the molecule is CCC(C)(C)OCCCC(C)(NC1CC1)C(=O)O. The van der Waals surface area contributed by atoms with E-state index in [1.54, 1.807) is 6.92 Å². The molecule has 0 saturated heterocycles. The van der Waals surface area contributed by atoms with Crippen LogP contribution in [0.4, 0.5) is 0 Å². The van der Waals surface area contributed by atoms with Gasteiger partial charge in [-0.2, -0.15) is 0 Å². The third-order valence-electron chi connectivity index (χ3n) is 3.74. The van der Waals surface area contributed by atoms with Gasteiger partial charge in [0.15, 0.2) is 0 Å². The summed E-state index contributed by atoms with van der Waals surface area (Å²) >= 11 is 0. The molecule has 0 spiro atoms. The molecule has 0 aromatic carbocycles. The molecule has 0 radical (unpaired) electrons. The zero-order valence-corrected chi connectivity index (χ0v) is 12.1. The maximum absolute atomic E-state index is 11.3. The number of aliphatic carboxylic acids is 1. The summed E-state index contributed by atoms with van der Waals surface area (Å²) < 4.78 is 5.75. The molecule has 0 aliphatic heterocycles. The van der Waals surface area contributed by atoms with E-state index in [0.717, 1.165) is 25.7 Å². The number of carbonyl (C=O) groups is 1. The summed E-state index contributed by atoms with van der Waals surface area (Å²) in [7, 11) is 0. The summed E-state index contributed by atoms with van der Waals surface area (Å²) in [6.45, 7) is 8.61. The Morgan fingerprint density at radius 2 is 2.00 bits per heavy atom. The fraction of sp³-hybridized carbons (Fsp3) is 0.929. The van der Waals surface area contributed by atoms with Gasteiger partial charge in [0.05, 0.1) is 5.60 Å². The molecule has 106 valence electrons. The lowest BCUT2D eigenvalue weighted by Gasteiger charge is -2.28. The van der Waals surface area contributed by atoms with Crippen LogP contribution >= 0.6 is 0 Å². The van der Waals surface area contributed by atoms with Crippen molar-refractivity contribution in [3.8, 4) is 0 Å². The quantitative estimate of drug-likeness (QED) is 0.623. The summed E-state index contributed by atoms with van der Waals surface area (Å²) in [5, 5.41) is 12.5. The molecular weight excluding hydrogens is 230 g/mol. The molecule has 1 aliphatic carbocycles. The van der Waals surface area contributed by atoms with Gasteiger partial charge in [-0.3, -0.25) is 10.1 Å². The van der Waals surface area contributed by atoms with Gasteiger partial charge >= 0.3 is 5.97 Å². The van der Waals surface area contributed by atoms with Crippen LogP contribution in [0.5, 0.6) is 0 Å². The second-order valence-corrected chi connectivity index (χ2v) is 6.12. The van der Waals surface area contributed by atoms with Crippen molar-refractivity contribution in [1.82, 2.24) is 5.32 Å². The number of carboxylic acid groups (broad SMARTS) is 1. The first-order chi connectivity index (χ1) is 8.29. The highest BCUT2D eigenvalue weighted by molar-refractivity contribution is 5.78. The molecule has 1 atom stereocenters. The van der Waals surface area contributed by atoms with E-state index in [1.165, 1.54) is 0 Å². The van der Waals surface area contributed by atoms with Gasteiger partial charge in [-0.05, 0) is 52.9 Å². The lowest BCUT2D eigenvalue weighted by molar-refractivity contribution is -0.144. The van der Waals surface area contributed by atoms with Gasteiger partial charge in [0, 0.05) is 12.6 Å². The Morgan fingerprint density at radius 1 is 1.39 bits per heavy atom. The van der Waals surface area contributed by atoms with Crippen LogP contribution in [0, 0.1) is 0 Å². The first-order valence-corrected chi connectivity index (χ1v) is 6.94. The van der Waals surface area contributed by atoms with E-state index in [9.17, 15) is 9.90 Å². The molecule has 0 aromatic heterocycles. The van der Waals surface area contributed by atoms with Crippen molar-refractivity contribution in [1.29, 1.82) is 0 Å². The van der Waals surface area contributed by atoms with E-state index in [4.69, 9.17) is 4.74 Å². The predicted octanol–water partition coefficient (Wildman–Crippen LogP) is 2.57. The van der Waals surface area contributed by atoms with Crippen LogP contribution in [0.3, 0.4) is 0 Å². The zero-order chi connectivity index (χ0) is 13.8. The third kappa shape index (κ3) is 4.94.